The van der Waals surface area contributed by atoms with E-state index in [2.05, 4.69) is 26.0 Å². The van der Waals surface area contributed by atoms with E-state index in [1.54, 1.807) is 12.1 Å². The topological polar surface area (TPSA) is 20.2 Å². The molecule has 0 aromatic heterocycles. The summed E-state index contributed by atoms with van der Waals surface area (Å²) in [5.74, 6) is 0.885. The fraction of sp³-hybridized carbons (Fsp3) is 0.273. The monoisotopic (exact) mass is 162 g/mol. The van der Waals surface area contributed by atoms with Crippen LogP contribution in [0.5, 0.6) is 5.75 Å². The van der Waals surface area contributed by atoms with Gasteiger partial charge in [0.2, 0.25) is 0 Å². The molecular formula is C11H14O. The van der Waals surface area contributed by atoms with Gasteiger partial charge in [0, 0.05) is 0 Å². The van der Waals surface area contributed by atoms with Crippen molar-refractivity contribution in [3.05, 3.63) is 35.9 Å². The third-order valence-electron chi connectivity index (χ3n) is 1.57. The van der Waals surface area contributed by atoms with Gasteiger partial charge in [-0.1, -0.05) is 38.1 Å². The van der Waals surface area contributed by atoms with Gasteiger partial charge in [0.05, 0.1) is 0 Å². The molecule has 0 aliphatic rings. The van der Waals surface area contributed by atoms with Crippen molar-refractivity contribution in [2.75, 3.05) is 0 Å². The van der Waals surface area contributed by atoms with Crippen LogP contribution < -0.4 is 0 Å². The van der Waals surface area contributed by atoms with E-state index < -0.39 is 0 Å². The zero-order valence-corrected chi connectivity index (χ0v) is 7.49. The molecule has 12 heavy (non-hydrogen) atoms. The number of hydrogen-bond donors (Lipinski definition) is 1. The van der Waals surface area contributed by atoms with Crippen LogP contribution in [0.1, 0.15) is 19.4 Å². The summed E-state index contributed by atoms with van der Waals surface area (Å²) in [5.41, 5.74) is 1.13. The predicted octanol–water partition coefficient (Wildman–Crippen LogP) is 3.06. The van der Waals surface area contributed by atoms with Gasteiger partial charge in [-0.2, -0.15) is 0 Å². The highest BCUT2D eigenvalue weighted by atomic mass is 16.3. The second-order valence-corrected chi connectivity index (χ2v) is 3.19. The summed E-state index contributed by atoms with van der Waals surface area (Å²) in [7, 11) is 0. The number of aromatic hydroxyl groups is 1. The van der Waals surface area contributed by atoms with Gasteiger partial charge in [-0.05, 0) is 23.6 Å². The Morgan fingerprint density at radius 3 is 2.25 bits per heavy atom. The summed E-state index contributed by atoms with van der Waals surface area (Å²) >= 11 is 0. The molecule has 0 aliphatic carbocycles. The maximum absolute atomic E-state index is 9.01. The zero-order chi connectivity index (χ0) is 8.97. The maximum Gasteiger partial charge on any atom is 0.115 e. The molecule has 1 rings (SSSR count). The third kappa shape index (κ3) is 2.79. The van der Waals surface area contributed by atoms with E-state index in [1.165, 1.54) is 0 Å². The molecule has 0 unspecified atom stereocenters. The smallest absolute Gasteiger partial charge is 0.115 e. The van der Waals surface area contributed by atoms with Gasteiger partial charge in [0.1, 0.15) is 5.75 Å². The highest BCUT2D eigenvalue weighted by Gasteiger charge is 1.88. The van der Waals surface area contributed by atoms with E-state index >= 15 is 0 Å². The summed E-state index contributed by atoms with van der Waals surface area (Å²) in [4.78, 5) is 0. The number of phenolic OH excluding ortho intramolecular Hbond substituents is 1. The van der Waals surface area contributed by atoms with Crippen LogP contribution in [-0.2, 0) is 0 Å². The molecule has 0 aliphatic heterocycles. The molecule has 0 spiro atoms. The number of rotatable bonds is 2. The number of hydrogen-bond acceptors (Lipinski definition) is 1. The first kappa shape index (κ1) is 8.85. The molecule has 1 N–H and O–H groups in total. The van der Waals surface area contributed by atoms with Crippen molar-refractivity contribution >= 4 is 6.08 Å². The number of phenols is 1. The lowest BCUT2D eigenvalue weighted by molar-refractivity contribution is 0.475. The van der Waals surface area contributed by atoms with Crippen molar-refractivity contribution in [3.8, 4) is 5.75 Å². The van der Waals surface area contributed by atoms with Crippen molar-refractivity contribution in [1.29, 1.82) is 0 Å². The lowest BCUT2D eigenvalue weighted by Crippen LogP contribution is -1.77. The SMILES string of the molecule is CC(C)C=Cc1ccc(O)cc1. The Hall–Kier alpha value is -1.24. The van der Waals surface area contributed by atoms with Crippen LogP contribution in [0.15, 0.2) is 30.3 Å². The minimum absolute atomic E-state index is 0.316. The van der Waals surface area contributed by atoms with E-state index in [4.69, 9.17) is 5.11 Å². The summed E-state index contributed by atoms with van der Waals surface area (Å²) < 4.78 is 0. The van der Waals surface area contributed by atoms with Crippen LogP contribution >= 0.6 is 0 Å². The highest BCUT2D eigenvalue weighted by Crippen LogP contribution is 2.11. The van der Waals surface area contributed by atoms with Gasteiger partial charge >= 0.3 is 0 Å². The van der Waals surface area contributed by atoms with Crippen LogP contribution in [0, 0.1) is 5.92 Å². The summed E-state index contributed by atoms with van der Waals surface area (Å²) in [6.07, 6.45) is 4.19. The van der Waals surface area contributed by atoms with Crippen molar-refractivity contribution in [3.63, 3.8) is 0 Å². The van der Waals surface area contributed by atoms with Gasteiger partial charge in [-0.15, -0.1) is 0 Å². The average Bonchev–Trinajstić information content (AvgIpc) is 2.03. The molecule has 0 radical (unpaired) electrons. The molecule has 0 atom stereocenters. The van der Waals surface area contributed by atoms with Crippen LogP contribution in [0.2, 0.25) is 0 Å². The second-order valence-electron chi connectivity index (χ2n) is 3.19. The first-order chi connectivity index (χ1) is 5.68. The Morgan fingerprint density at radius 2 is 1.75 bits per heavy atom. The standard InChI is InChI=1S/C11H14O/c1-9(2)3-4-10-5-7-11(12)8-6-10/h3-9,12H,1-2H3. The molecule has 0 saturated carbocycles. The maximum atomic E-state index is 9.01. The van der Waals surface area contributed by atoms with Crippen molar-refractivity contribution < 1.29 is 5.11 Å². The predicted molar refractivity (Wildman–Crippen MR) is 52.0 cm³/mol. The summed E-state index contributed by atoms with van der Waals surface area (Å²) in [6.45, 7) is 4.27. The Kier molecular flexibility index (Phi) is 2.92. The van der Waals surface area contributed by atoms with Gasteiger partial charge in [0.25, 0.3) is 0 Å². The first-order valence-electron chi connectivity index (χ1n) is 4.16. The Labute approximate surface area is 73.4 Å². The van der Waals surface area contributed by atoms with Crippen LogP contribution in [0.3, 0.4) is 0 Å². The van der Waals surface area contributed by atoms with E-state index in [9.17, 15) is 0 Å². The minimum atomic E-state index is 0.316. The average molecular weight is 162 g/mol. The third-order valence-corrected chi connectivity index (χ3v) is 1.57. The second kappa shape index (κ2) is 3.96. The molecule has 1 nitrogen and oxygen atoms in total. The van der Waals surface area contributed by atoms with Crippen LogP contribution in [0.4, 0.5) is 0 Å². The van der Waals surface area contributed by atoms with E-state index in [0.717, 1.165) is 5.56 Å². The minimum Gasteiger partial charge on any atom is -0.508 e. The molecular weight excluding hydrogens is 148 g/mol. The largest absolute Gasteiger partial charge is 0.508 e. The molecule has 0 saturated heterocycles. The first-order valence-corrected chi connectivity index (χ1v) is 4.16. The summed E-state index contributed by atoms with van der Waals surface area (Å²) in [6, 6.07) is 7.18. The molecule has 64 valence electrons. The molecule has 0 amide bonds. The van der Waals surface area contributed by atoms with E-state index in [1.807, 2.05) is 12.1 Å². The quantitative estimate of drug-likeness (QED) is 0.708. The summed E-state index contributed by atoms with van der Waals surface area (Å²) in [5, 5.41) is 9.01. The van der Waals surface area contributed by atoms with Crippen LogP contribution in [0.25, 0.3) is 6.08 Å². The lowest BCUT2D eigenvalue weighted by atomic mass is 10.1. The van der Waals surface area contributed by atoms with E-state index in [-0.39, 0.29) is 0 Å². The van der Waals surface area contributed by atoms with E-state index in [0.29, 0.717) is 11.7 Å². The fourth-order valence-electron chi connectivity index (χ4n) is 0.889. The Balaban J connectivity index is 2.71. The fourth-order valence-corrected chi connectivity index (χ4v) is 0.889. The number of allylic oxidation sites excluding steroid dienone is 1. The molecule has 1 aromatic carbocycles. The molecule has 0 heterocycles. The van der Waals surface area contributed by atoms with Crippen molar-refractivity contribution in [2.24, 2.45) is 5.92 Å². The van der Waals surface area contributed by atoms with Crippen molar-refractivity contribution in [2.45, 2.75) is 13.8 Å². The number of benzene rings is 1. The van der Waals surface area contributed by atoms with Crippen LogP contribution in [-0.4, -0.2) is 5.11 Å². The Bertz CT molecular complexity index is 257. The van der Waals surface area contributed by atoms with Gasteiger partial charge < -0.3 is 5.11 Å². The van der Waals surface area contributed by atoms with Gasteiger partial charge in [-0.25, -0.2) is 0 Å². The zero-order valence-electron chi connectivity index (χ0n) is 7.49. The van der Waals surface area contributed by atoms with Crippen molar-refractivity contribution in [1.82, 2.24) is 0 Å². The normalized spacial score (nSPS) is 11.2. The molecule has 1 heteroatoms. The lowest BCUT2D eigenvalue weighted by Gasteiger charge is -1.95. The highest BCUT2D eigenvalue weighted by molar-refractivity contribution is 5.50. The molecule has 1 aromatic rings. The molecule has 0 fully saturated rings. The van der Waals surface area contributed by atoms with Gasteiger partial charge in [0.15, 0.2) is 0 Å². The molecule has 0 bridgehead atoms. The Morgan fingerprint density at radius 1 is 1.17 bits per heavy atom. The van der Waals surface area contributed by atoms with Gasteiger partial charge in [-0.3, -0.25) is 0 Å².